The molecule has 5 nitrogen and oxygen atoms in total. The van der Waals surface area contributed by atoms with E-state index in [9.17, 15) is 16.8 Å². The van der Waals surface area contributed by atoms with Crippen LogP contribution in [-0.2, 0) is 26.3 Å². The molecule has 1 heterocycles. The molecule has 3 rings (SSSR count). The summed E-state index contributed by atoms with van der Waals surface area (Å²) < 4.78 is 51.3. The lowest BCUT2D eigenvalue weighted by Crippen LogP contribution is -2.41. The average molecular weight is 377 g/mol. The molecule has 1 aliphatic rings. The monoisotopic (exact) mass is 377 g/mol. The van der Waals surface area contributed by atoms with E-state index in [1.807, 2.05) is 6.92 Å². The maximum Gasteiger partial charge on any atom is 0.264 e. The van der Waals surface area contributed by atoms with Gasteiger partial charge in [-0.15, -0.1) is 0 Å². The zero-order valence-corrected chi connectivity index (χ0v) is 15.4. The molecule has 0 spiro atoms. The minimum Gasteiger partial charge on any atom is -0.258 e. The van der Waals surface area contributed by atoms with Gasteiger partial charge >= 0.3 is 0 Å². The van der Waals surface area contributed by atoms with E-state index < -0.39 is 25.9 Å². The zero-order valence-electron chi connectivity index (χ0n) is 13.7. The number of benzene rings is 2. The Morgan fingerprint density at radius 1 is 1.04 bits per heavy atom. The Morgan fingerprint density at radius 2 is 1.68 bits per heavy atom. The molecule has 2 aromatic rings. The van der Waals surface area contributed by atoms with Crippen molar-refractivity contribution in [3.63, 3.8) is 0 Å². The summed E-state index contributed by atoms with van der Waals surface area (Å²) >= 11 is 0. The van der Waals surface area contributed by atoms with Gasteiger partial charge < -0.3 is 0 Å². The van der Waals surface area contributed by atoms with E-state index in [1.54, 1.807) is 54.6 Å². The SMILES string of the molecule is CCc1ccc(S(=O)(=O)N(c2ccccc2)[C@@H]2C=CS(=O)(=O)C2)cc1. The first-order chi connectivity index (χ1) is 11.8. The van der Waals surface area contributed by atoms with Gasteiger partial charge in [-0.05, 0) is 42.3 Å². The van der Waals surface area contributed by atoms with E-state index in [0.717, 1.165) is 17.4 Å². The first kappa shape index (κ1) is 17.7. The van der Waals surface area contributed by atoms with E-state index in [0.29, 0.717) is 5.69 Å². The van der Waals surface area contributed by atoms with Crippen molar-refractivity contribution < 1.29 is 16.8 Å². The smallest absolute Gasteiger partial charge is 0.258 e. The van der Waals surface area contributed by atoms with Gasteiger partial charge in [0.05, 0.1) is 22.4 Å². The molecule has 0 aromatic heterocycles. The molecule has 0 unspecified atom stereocenters. The normalized spacial score (nSPS) is 19.0. The van der Waals surface area contributed by atoms with Crippen LogP contribution in [0.15, 0.2) is 71.0 Å². The van der Waals surface area contributed by atoms with Gasteiger partial charge in [-0.25, -0.2) is 16.8 Å². The third-order valence-corrected chi connectivity index (χ3v) is 7.36. The molecule has 0 fully saturated rings. The van der Waals surface area contributed by atoms with Crippen molar-refractivity contribution in [3.05, 3.63) is 71.6 Å². The summed E-state index contributed by atoms with van der Waals surface area (Å²) in [5, 5.41) is 1.09. The molecule has 0 radical (unpaired) electrons. The number of hydrogen-bond donors (Lipinski definition) is 0. The number of sulfonamides is 1. The maximum atomic E-state index is 13.2. The summed E-state index contributed by atoms with van der Waals surface area (Å²) in [5.41, 5.74) is 1.47. The molecule has 2 aromatic carbocycles. The summed E-state index contributed by atoms with van der Waals surface area (Å²) in [7, 11) is -7.28. The first-order valence-corrected chi connectivity index (χ1v) is 11.1. The zero-order chi connectivity index (χ0) is 18.1. The molecule has 0 saturated heterocycles. The molecule has 1 aliphatic heterocycles. The summed E-state index contributed by atoms with van der Waals surface area (Å²) in [6.07, 6.45) is 2.24. The summed E-state index contributed by atoms with van der Waals surface area (Å²) in [4.78, 5) is 0.145. The number of rotatable bonds is 5. The predicted molar refractivity (Wildman–Crippen MR) is 98.6 cm³/mol. The Hall–Kier alpha value is -2.12. The minimum atomic E-state index is -3.90. The van der Waals surface area contributed by atoms with Gasteiger partial charge in [0.25, 0.3) is 10.0 Å². The van der Waals surface area contributed by atoms with Crippen molar-refractivity contribution in [3.8, 4) is 0 Å². The highest BCUT2D eigenvalue weighted by molar-refractivity contribution is 7.95. The Balaban J connectivity index is 2.09. The van der Waals surface area contributed by atoms with Crippen LogP contribution in [0.2, 0.25) is 0 Å². The number of aryl methyl sites for hydroxylation is 1. The fourth-order valence-electron chi connectivity index (χ4n) is 2.80. The van der Waals surface area contributed by atoms with Crippen LogP contribution in [0.5, 0.6) is 0 Å². The summed E-state index contributed by atoms with van der Waals surface area (Å²) in [5.74, 6) is -0.256. The molecule has 0 N–H and O–H groups in total. The molecular weight excluding hydrogens is 358 g/mol. The van der Waals surface area contributed by atoms with Gasteiger partial charge in [-0.3, -0.25) is 4.31 Å². The second-order valence-electron chi connectivity index (χ2n) is 5.86. The van der Waals surface area contributed by atoms with Crippen LogP contribution in [0.1, 0.15) is 12.5 Å². The highest BCUT2D eigenvalue weighted by Gasteiger charge is 2.35. The molecule has 7 heteroatoms. The minimum absolute atomic E-state index is 0.145. The lowest BCUT2D eigenvalue weighted by molar-refractivity contribution is 0.586. The molecule has 132 valence electrons. The van der Waals surface area contributed by atoms with Gasteiger partial charge in [-0.2, -0.15) is 0 Å². The Labute approximate surface area is 148 Å². The Kier molecular flexibility index (Phi) is 4.71. The largest absolute Gasteiger partial charge is 0.264 e. The number of para-hydroxylation sites is 1. The van der Waals surface area contributed by atoms with E-state index in [4.69, 9.17) is 0 Å². The van der Waals surface area contributed by atoms with Crippen LogP contribution in [0, 0.1) is 0 Å². The van der Waals surface area contributed by atoms with Crippen LogP contribution in [0.4, 0.5) is 5.69 Å². The molecule has 0 amide bonds. The average Bonchev–Trinajstić information content (AvgIpc) is 2.95. The number of nitrogens with zero attached hydrogens (tertiary/aromatic N) is 1. The molecular formula is C18H19NO4S2. The van der Waals surface area contributed by atoms with E-state index >= 15 is 0 Å². The van der Waals surface area contributed by atoms with E-state index in [-0.39, 0.29) is 10.6 Å². The van der Waals surface area contributed by atoms with Crippen molar-refractivity contribution in [2.24, 2.45) is 0 Å². The summed E-state index contributed by atoms with van der Waals surface area (Å²) in [6.45, 7) is 1.99. The third-order valence-electron chi connectivity index (χ3n) is 4.11. The fraction of sp³-hybridized carbons (Fsp3) is 0.222. The van der Waals surface area contributed by atoms with Crippen molar-refractivity contribution in [1.82, 2.24) is 0 Å². The number of anilines is 1. The quantitative estimate of drug-likeness (QED) is 0.803. The first-order valence-electron chi connectivity index (χ1n) is 7.93. The second-order valence-corrected chi connectivity index (χ2v) is 9.61. The third kappa shape index (κ3) is 3.62. The van der Waals surface area contributed by atoms with Crippen LogP contribution in [0.3, 0.4) is 0 Å². The van der Waals surface area contributed by atoms with Gasteiger partial charge in [0.2, 0.25) is 0 Å². The Morgan fingerprint density at radius 3 is 2.20 bits per heavy atom. The molecule has 0 saturated carbocycles. The van der Waals surface area contributed by atoms with Crippen LogP contribution in [-0.4, -0.2) is 28.6 Å². The van der Waals surface area contributed by atoms with Gasteiger partial charge in [0.15, 0.2) is 9.84 Å². The number of sulfone groups is 1. The van der Waals surface area contributed by atoms with Gasteiger partial charge in [0.1, 0.15) is 0 Å². The summed E-state index contributed by atoms with van der Waals surface area (Å²) in [6, 6.07) is 14.5. The van der Waals surface area contributed by atoms with Crippen molar-refractivity contribution in [1.29, 1.82) is 0 Å². The van der Waals surface area contributed by atoms with Gasteiger partial charge in [0, 0.05) is 5.41 Å². The van der Waals surface area contributed by atoms with Crippen molar-refractivity contribution in [2.75, 3.05) is 10.1 Å². The molecule has 0 bridgehead atoms. The lowest BCUT2D eigenvalue weighted by Gasteiger charge is -2.29. The van der Waals surface area contributed by atoms with E-state index in [1.165, 1.54) is 10.4 Å². The van der Waals surface area contributed by atoms with Crippen LogP contribution in [0.25, 0.3) is 0 Å². The topological polar surface area (TPSA) is 71.5 Å². The van der Waals surface area contributed by atoms with Crippen molar-refractivity contribution in [2.45, 2.75) is 24.3 Å². The Bertz CT molecular complexity index is 979. The highest BCUT2D eigenvalue weighted by atomic mass is 32.2. The highest BCUT2D eigenvalue weighted by Crippen LogP contribution is 2.29. The standard InChI is InChI=1S/C18H19NO4S2/c1-2-15-8-10-18(11-9-15)25(22,23)19(16-6-4-3-5-7-16)17-12-13-24(20,21)14-17/h3-13,17H,2,14H2,1H3/t17-/m1/s1. The maximum absolute atomic E-state index is 13.2. The predicted octanol–water partition coefficient (Wildman–Crippen LogP) is 2.76. The van der Waals surface area contributed by atoms with Crippen LogP contribution < -0.4 is 4.31 Å². The van der Waals surface area contributed by atoms with E-state index in [2.05, 4.69) is 0 Å². The lowest BCUT2D eigenvalue weighted by atomic mass is 10.2. The van der Waals surface area contributed by atoms with Crippen molar-refractivity contribution >= 4 is 25.5 Å². The fourth-order valence-corrected chi connectivity index (χ4v) is 5.77. The molecule has 25 heavy (non-hydrogen) atoms. The van der Waals surface area contributed by atoms with Gasteiger partial charge in [-0.1, -0.05) is 37.3 Å². The van der Waals surface area contributed by atoms with Crippen LogP contribution >= 0.6 is 0 Å². The second kappa shape index (κ2) is 6.65. The molecule has 0 aliphatic carbocycles. The number of hydrogen-bond acceptors (Lipinski definition) is 4. The molecule has 1 atom stereocenters.